The molecule has 128 valence electrons. The van der Waals surface area contributed by atoms with E-state index in [9.17, 15) is 0 Å². The van der Waals surface area contributed by atoms with Gasteiger partial charge >= 0.3 is 0 Å². The molecule has 0 N–H and O–H groups in total. The van der Waals surface area contributed by atoms with Crippen LogP contribution in [0.3, 0.4) is 0 Å². The molecule has 0 unspecified atom stereocenters. The van der Waals surface area contributed by atoms with Gasteiger partial charge in [0, 0.05) is 24.7 Å². The Bertz CT molecular complexity index is 681. The first-order valence-electron chi connectivity index (χ1n) is 9.12. The molecule has 2 aliphatic rings. The zero-order valence-corrected chi connectivity index (χ0v) is 14.9. The van der Waals surface area contributed by atoms with Crippen molar-refractivity contribution in [2.24, 2.45) is 11.8 Å². The molecule has 2 heterocycles. The summed E-state index contributed by atoms with van der Waals surface area (Å²) in [6, 6.07) is 6.62. The minimum absolute atomic E-state index is 0.542. The summed E-state index contributed by atoms with van der Waals surface area (Å²) >= 11 is 0. The van der Waals surface area contributed by atoms with Crippen LogP contribution in [-0.2, 0) is 6.54 Å². The van der Waals surface area contributed by atoms with Crippen LogP contribution < -0.4 is 0 Å². The van der Waals surface area contributed by atoms with Crippen LogP contribution in [0.4, 0.5) is 0 Å². The Labute approximate surface area is 144 Å². The second kappa shape index (κ2) is 6.28. The van der Waals surface area contributed by atoms with Crippen LogP contribution in [0.15, 0.2) is 24.4 Å². The molecule has 2 aromatic rings. The highest BCUT2D eigenvalue weighted by Gasteiger charge is 2.36. The number of pyridine rings is 1. The van der Waals surface area contributed by atoms with Crippen molar-refractivity contribution in [3.05, 3.63) is 30.2 Å². The molecule has 0 bridgehead atoms. The van der Waals surface area contributed by atoms with E-state index in [2.05, 4.69) is 35.6 Å². The van der Waals surface area contributed by atoms with Gasteiger partial charge in [-0.05, 0) is 63.7 Å². The van der Waals surface area contributed by atoms with Crippen LogP contribution in [-0.4, -0.2) is 44.8 Å². The summed E-state index contributed by atoms with van der Waals surface area (Å²) < 4.78 is 2.19. The average Bonchev–Trinajstić information content (AvgIpc) is 2.88. The topological polar surface area (TPSA) is 46.8 Å². The summed E-state index contributed by atoms with van der Waals surface area (Å²) in [6.45, 7) is 3.36. The largest absolute Gasteiger partial charge is 0.306 e. The lowest BCUT2D eigenvalue weighted by Crippen LogP contribution is -2.40. The fourth-order valence-corrected chi connectivity index (χ4v) is 4.08. The Balaban J connectivity index is 1.57. The van der Waals surface area contributed by atoms with Crippen molar-refractivity contribution in [1.82, 2.24) is 24.6 Å². The molecule has 4 rings (SSSR count). The minimum atomic E-state index is 0.542. The second-order valence-electron chi connectivity index (χ2n) is 7.92. The van der Waals surface area contributed by atoms with E-state index in [0.717, 1.165) is 29.9 Å². The van der Waals surface area contributed by atoms with Gasteiger partial charge in [-0.25, -0.2) is 9.67 Å². The van der Waals surface area contributed by atoms with E-state index in [4.69, 9.17) is 10.1 Å². The van der Waals surface area contributed by atoms with Crippen LogP contribution in [0.25, 0.3) is 11.5 Å². The SMILES string of the molecule is CC1CC(Cn2nc(-c3ccccn3)nc2C2CC(N(C)C)C2)C1. The molecule has 0 radical (unpaired) electrons. The lowest BCUT2D eigenvalue weighted by Gasteiger charge is -2.39. The molecule has 2 saturated carbocycles. The summed E-state index contributed by atoms with van der Waals surface area (Å²) in [4.78, 5) is 11.7. The number of aromatic nitrogens is 4. The molecule has 2 aromatic heterocycles. The third-order valence-electron chi connectivity index (χ3n) is 5.71. The van der Waals surface area contributed by atoms with Gasteiger partial charge in [0.05, 0.1) is 0 Å². The van der Waals surface area contributed by atoms with Gasteiger partial charge in [0.2, 0.25) is 0 Å². The maximum absolute atomic E-state index is 4.90. The van der Waals surface area contributed by atoms with E-state index < -0.39 is 0 Å². The maximum Gasteiger partial charge on any atom is 0.200 e. The van der Waals surface area contributed by atoms with Crippen molar-refractivity contribution >= 4 is 0 Å². The molecular formula is C19H27N5. The summed E-state index contributed by atoms with van der Waals surface area (Å²) in [6.07, 6.45) is 6.84. The van der Waals surface area contributed by atoms with Crippen molar-refractivity contribution < 1.29 is 0 Å². The van der Waals surface area contributed by atoms with Crippen molar-refractivity contribution in [3.63, 3.8) is 0 Å². The molecular weight excluding hydrogens is 298 g/mol. The highest BCUT2D eigenvalue weighted by molar-refractivity contribution is 5.48. The smallest absolute Gasteiger partial charge is 0.200 e. The molecule has 5 nitrogen and oxygen atoms in total. The molecule has 2 fully saturated rings. The third kappa shape index (κ3) is 2.97. The zero-order valence-electron chi connectivity index (χ0n) is 14.9. The highest BCUT2D eigenvalue weighted by Crippen LogP contribution is 2.40. The molecule has 5 heteroatoms. The Hall–Kier alpha value is -1.75. The van der Waals surface area contributed by atoms with Gasteiger partial charge in [0.25, 0.3) is 0 Å². The molecule has 2 aliphatic carbocycles. The molecule has 24 heavy (non-hydrogen) atoms. The van der Waals surface area contributed by atoms with E-state index in [1.165, 1.54) is 31.5 Å². The van der Waals surface area contributed by atoms with Gasteiger partial charge in [-0.3, -0.25) is 4.98 Å². The van der Waals surface area contributed by atoms with Gasteiger partial charge in [-0.2, -0.15) is 0 Å². The number of nitrogens with zero attached hydrogens (tertiary/aromatic N) is 5. The quantitative estimate of drug-likeness (QED) is 0.847. The molecule has 0 aliphatic heterocycles. The van der Waals surface area contributed by atoms with Crippen LogP contribution in [0.5, 0.6) is 0 Å². The number of rotatable bonds is 5. The zero-order chi connectivity index (χ0) is 16.7. The lowest BCUT2D eigenvalue weighted by atomic mass is 9.76. The summed E-state index contributed by atoms with van der Waals surface area (Å²) in [7, 11) is 4.33. The molecule has 0 atom stereocenters. The Kier molecular flexibility index (Phi) is 4.12. The van der Waals surface area contributed by atoms with Gasteiger partial charge < -0.3 is 4.90 Å². The lowest BCUT2D eigenvalue weighted by molar-refractivity contribution is 0.148. The fraction of sp³-hybridized carbons (Fsp3) is 0.632. The molecule has 0 spiro atoms. The van der Waals surface area contributed by atoms with Crippen LogP contribution in [0.1, 0.15) is 44.3 Å². The van der Waals surface area contributed by atoms with E-state index in [0.29, 0.717) is 12.0 Å². The molecule has 0 aromatic carbocycles. The van der Waals surface area contributed by atoms with Crippen LogP contribution >= 0.6 is 0 Å². The standard InChI is InChI=1S/C19H27N5/c1-13-8-14(9-13)12-24-19(15-10-16(11-15)23(2)3)21-18(22-24)17-6-4-5-7-20-17/h4-7,13-16H,8-12H2,1-3H3. The predicted molar refractivity (Wildman–Crippen MR) is 94.6 cm³/mol. The third-order valence-corrected chi connectivity index (χ3v) is 5.71. The molecule has 0 saturated heterocycles. The summed E-state index contributed by atoms with van der Waals surface area (Å²) in [5.41, 5.74) is 0.878. The first-order valence-corrected chi connectivity index (χ1v) is 9.12. The second-order valence-corrected chi connectivity index (χ2v) is 7.92. The van der Waals surface area contributed by atoms with E-state index in [1.807, 2.05) is 24.4 Å². The first kappa shape index (κ1) is 15.8. The number of hydrogen-bond acceptors (Lipinski definition) is 4. The summed E-state index contributed by atoms with van der Waals surface area (Å²) in [5.74, 6) is 4.14. The normalized spacial score (nSPS) is 29.3. The van der Waals surface area contributed by atoms with Crippen molar-refractivity contribution in [3.8, 4) is 11.5 Å². The minimum Gasteiger partial charge on any atom is -0.306 e. The van der Waals surface area contributed by atoms with Gasteiger partial charge in [0.15, 0.2) is 5.82 Å². The first-order chi connectivity index (χ1) is 11.6. The van der Waals surface area contributed by atoms with Crippen molar-refractivity contribution in [2.75, 3.05) is 14.1 Å². The van der Waals surface area contributed by atoms with Gasteiger partial charge in [-0.1, -0.05) is 13.0 Å². The predicted octanol–water partition coefficient (Wildman–Crippen LogP) is 3.19. The Morgan fingerprint density at radius 1 is 1.17 bits per heavy atom. The van der Waals surface area contributed by atoms with E-state index >= 15 is 0 Å². The summed E-state index contributed by atoms with van der Waals surface area (Å²) in [5, 5.41) is 4.83. The van der Waals surface area contributed by atoms with Crippen LogP contribution in [0.2, 0.25) is 0 Å². The van der Waals surface area contributed by atoms with E-state index in [1.54, 1.807) is 0 Å². The average molecular weight is 325 g/mol. The monoisotopic (exact) mass is 325 g/mol. The van der Waals surface area contributed by atoms with Gasteiger partial charge in [0.1, 0.15) is 11.5 Å². The Morgan fingerprint density at radius 3 is 2.58 bits per heavy atom. The van der Waals surface area contributed by atoms with Crippen LogP contribution in [0, 0.1) is 11.8 Å². The van der Waals surface area contributed by atoms with E-state index in [-0.39, 0.29) is 0 Å². The van der Waals surface area contributed by atoms with Gasteiger partial charge in [-0.15, -0.1) is 5.10 Å². The van der Waals surface area contributed by atoms with Crippen molar-refractivity contribution in [1.29, 1.82) is 0 Å². The maximum atomic E-state index is 4.90. The molecule has 0 amide bonds. The fourth-order valence-electron chi connectivity index (χ4n) is 4.08. The highest BCUT2D eigenvalue weighted by atomic mass is 15.4. The number of hydrogen-bond donors (Lipinski definition) is 0. The van der Waals surface area contributed by atoms with Crippen molar-refractivity contribution in [2.45, 2.75) is 51.1 Å². The Morgan fingerprint density at radius 2 is 1.96 bits per heavy atom.